The fourth-order valence-corrected chi connectivity index (χ4v) is 2.89. The Balaban J connectivity index is 2.33. The van der Waals surface area contributed by atoms with Gasteiger partial charge in [0.2, 0.25) is 0 Å². The molecule has 21 heavy (non-hydrogen) atoms. The SMILES string of the molecule is CCCc1nc2c([nH]1)c(N)nc1cccc(CC(C)C)c12. The van der Waals surface area contributed by atoms with Gasteiger partial charge in [0.15, 0.2) is 0 Å². The molecule has 3 aromatic rings. The minimum Gasteiger partial charge on any atom is -0.382 e. The van der Waals surface area contributed by atoms with E-state index in [9.17, 15) is 0 Å². The van der Waals surface area contributed by atoms with Crippen molar-refractivity contribution in [1.29, 1.82) is 0 Å². The van der Waals surface area contributed by atoms with Gasteiger partial charge in [-0.05, 0) is 30.4 Å². The number of imidazole rings is 1. The molecule has 0 aliphatic carbocycles. The molecule has 0 atom stereocenters. The molecule has 0 unspecified atom stereocenters. The monoisotopic (exact) mass is 282 g/mol. The summed E-state index contributed by atoms with van der Waals surface area (Å²) >= 11 is 0. The first-order chi connectivity index (χ1) is 10.1. The van der Waals surface area contributed by atoms with Crippen LogP contribution in [-0.4, -0.2) is 15.0 Å². The fraction of sp³-hybridized carbons (Fsp3) is 0.412. The highest BCUT2D eigenvalue weighted by molar-refractivity contribution is 6.07. The number of H-pyrrole nitrogens is 1. The molecule has 4 nitrogen and oxygen atoms in total. The number of benzene rings is 1. The maximum Gasteiger partial charge on any atom is 0.150 e. The van der Waals surface area contributed by atoms with Crippen molar-refractivity contribution < 1.29 is 0 Å². The van der Waals surface area contributed by atoms with E-state index in [4.69, 9.17) is 10.7 Å². The quantitative estimate of drug-likeness (QED) is 0.764. The summed E-state index contributed by atoms with van der Waals surface area (Å²) in [6, 6.07) is 6.24. The summed E-state index contributed by atoms with van der Waals surface area (Å²) in [6.45, 7) is 6.61. The lowest BCUT2D eigenvalue weighted by Crippen LogP contribution is -1.98. The number of nitrogens with zero attached hydrogens (tertiary/aromatic N) is 2. The number of rotatable bonds is 4. The number of hydrogen-bond acceptors (Lipinski definition) is 3. The molecule has 110 valence electrons. The lowest BCUT2D eigenvalue weighted by atomic mass is 9.98. The first-order valence-corrected chi connectivity index (χ1v) is 7.65. The van der Waals surface area contributed by atoms with E-state index in [0.717, 1.165) is 47.0 Å². The molecule has 0 saturated carbocycles. The summed E-state index contributed by atoms with van der Waals surface area (Å²) < 4.78 is 0. The average molecular weight is 282 g/mol. The Morgan fingerprint density at radius 2 is 2.05 bits per heavy atom. The van der Waals surface area contributed by atoms with Crippen LogP contribution in [0.5, 0.6) is 0 Å². The second-order valence-electron chi connectivity index (χ2n) is 6.06. The highest BCUT2D eigenvalue weighted by Gasteiger charge is 2.14. The van der Waals surface area contributed by atoms with Crippen LogP contribution in [0.4, 0.5) is 5.82 Å². The molecule has 2 heterocycles. The first kappa shape index (κ1) is 13.9. The molecule has 0 spiro atoms. The van der Waals surface area contributed by atoms with Crippen LogP contribution in [-0.2, 0) is 12.8 Å². The Bertz CT molecular complexity index is 786. The van der Waals surface area contributed by atoms with E-state index >= 15 is 0 Å². The van der Waals surface area contributed by atoms with Gasteiger partial charge in [-0.15, -0.1) is 0 Å². The molecule has 3 rings (SSSR count). The third-order valence-electron chi connectivity index (χ3n) is 3.73. The number of aromatic nitrogens is 3. The van der Waals surface area contributed by atoms with Crippen LogP contribution >= 0.6 is 0 Å². The normalized spacial score (nSPS) is 11.8. The summed E-state index contributed by atoms with van der Waals surface area (Å²) in [5, 5.41) is 1.15. The molecule has 4 heteroatoms. The van der Waals surface area contributed by atoms with Gasteiger partial charge in [-0.25, -0.2) is 9.97 Å². The molecule has 0 fully saturated rings. The van der Waals surface area contributed by atoms with Crippen LogP contribution in [0.1, 0.15) is 38.6 Å². The molecular weight excluding hydrogens is 260 g/mol. The predicted octanol–water partition coefficient (Wildman–Crippen LogP) is 3.84. The highest BCUT2D eigenvalue weighted by atomic mass is 15.0. The van der Waals surface area contributed by atoms with Crippen molar-refractivity contribution in [3.8, 4) is 0 Å². The number of anilines is 1. The van der Waals surface area contributed by atoms with E-state index in [2.05, 4.69) is 42.9 Å². The summed E-state index contributed by atoms with van der Waals surface area (Å²) in [4.78, 5) is 12.7. The van der Waals surface area contributed by atoms with Crippen LogP contribution in [0, 0.1) is 5.92 Å². The minimum absolute atomic E-state index is 0.536. The Labute approximate surface area is 124 Å². The van der Waals surface area contributed by atoms with E-state index in [-0.39, 0.29) is 0 Å². The van der Waals surface area contributed by atoms with Gasteiger partial charge in [0.25, 0.3) is 0 Å². The largest absolute Gasteiger partial charge is 0.382 e. The second-order valence-corrected chi connectivity index (χ2v) is 6.06. The van der Waals surface area contributed by atoms with Crippen molar-refractivity contribution in [3.63, 3.8) is 0 Å². The summed E-state index contributed by atoms with van der Waals surface area (Å²) in [5.41, 5.74) is 10.2. The maximum absolute atomic E-state index is 6.10. The van der Waals surface area contributed by atoms with Crippen LogP contribution in [0.3, 0.4) is 0 Å². The molecule has 1 aromatic carbocycles. The van der Waals surface area contributed by atoms with Crippen LogP contribution in [0.2, 0.25) is 0 Å². The lowest BCUT2D eigenvalue weighted by molar-refractivity contribution is 0.650. The number of nitrogens with one attached hydrogen (secondary N) is 1. The van der Waals surface area contributed by atoms with Gasteiger partial charge >= 0.3 is 0 Å². The van der Waals surface area contributed by atoms with Crippen molar-refractivity contribution in [1.82, 2.24) is 15.0 Å². The summed E-state index contributed by atoms with van der Waals surface area (Å²) in [5.74, 6) is 2.12. The Hall–Kier alpha value is -2.10. The van der Waals surface area contributed by atoms with Gasteiger partial charge in [0, 0.05) is 11.8 Å². The van der Waals surface area contributed by atoms with Crippen LogP contribution in [0.15, 0.2) is 18.2 Å². The molecule has 0 aliphatic rings. The van der Waals surface area contributed by atoms with E-state index < -0.39 is 0 Å². The van der Waals surface area contributed by atoms with Gasteiger partial charge < -0.3 is 10.7 Å². The predicted molar refractivity (Wildman–Crippen MR) is 88.3 cm³/mol. The molecule has 2 aromatic heterocycles. The third-order valence-corrected chi connectivity index (χ3v) is 3.73. The van der Waals surface area contributed by atoms with Gasteiger partial charge in [-0.2, -0.15) is 0 Å². The topological polar surface area (TPSA) is 67.6 Å². The average Bonchev–Trinajstić information content (AvgIpc) is 2.83. The van der Waals surface area contributed by atoms with E-state index in [1.807, 2.05) is 6.07 Å². The third kappa shape index (κ3) is 2.46. The maximum atomic E-state index is 6.10. The Kier molecular flexibility index (Phi) is 3.53. The standard InChI is InChI=1S/C17H22N4/c1-4-6-13-20-15-14-11(9-10(2)3)7-5-8-12(14)19-17(18)16(15)21-13/h5,7-8,10H,4,6,9H2,1-3H3,(H2,18,19)(H,20,21). The van der Waals surface area contributed by atoms with Gasteiger partial charge in [0.1, 0.15) is 22.7 Å². The van der Waals surface area contributed by atoms with Gasteiger partial charge in [-0.3, -0.25) is 0 Å². The van der Waals surface area contributed by atoms with Crippen molar-refractivity contribution in [2.24, 2.45) is 5.92 Å². The number of aromatic amines is 1. The van der Waals surface area contributed by atoms with Crippen molar-refractivity contribution in [2.45, 2.75) is 40.0 Å². The van der Waals surface area contributed by atoms with E-state index in [1.54, 1.807) is 0 Å². The number of aryl methyl sites for hydroxylation is 1. The zero-order valence-electron chi connectivity index (χ0n) is 12.9. The number of nitrogen functional groups attached to an aromatic ring is 1. The molecule has 0 aliphatic heterocycles. The minimum atomic E-state index is 0.536. The second kappa shape index (κ2) is 5.35. The molecular formula is C17H22N4. The molecule has 0 amide bonds. The highest BCUT2D eigenvalue weighted by Crippen LogP contribution is 2.30. The molecule has 3 N–H and O–H groups in total. The molecule has 0 saturated heterocycles. The van der Waals surface area contributed by atoms with Crippen LogP contribution in [0.25, 0.3) is 21.9 Å². The number of hydrogen-bond donors (Lipinski definition) is 2. The number of pyridine rings is 1. The zero-order chi connectivity index (χ0) is 15.0. The summed E-state index contributed by atoms with van der Waals surface area (Å²) in [6.07, 6.45) is 3.01. The smallest absolute Gasteiger partial charge is 0.150 e. The van der Waals surface area contributed by atoms with Gasteiger partial charge in [-0.1, -0.05) is 32.9 Å². The van der Waals surface area contributed by atoms with Crippen molar-refractivity contribution >= 4 is 27.8 Å². The zero-order valence-corrected chi connectivity index (χ0v) is 12.9. The first-order valence-electron chi connectivity index (χ1n) is 7.65. The van der Waals surface area contributed by atoms with Gasteiger partial charge in [0.05, 0.1) is 5.52 Å². The molecule has 0 radical (unpaired) electrons. The Morgan fingerprint density at radius 1 is 1.24 bits per heavy atom. The van der Waals surface area contributed by atoms with Crippen molar-refractivity contribution in [2.75, 3.05) is 5.73 Å². The molecule has 0 bridgehead atoms. The van der Waals surface area contributed by atoms with E-state index in [1.165, 1.54) is 5.56 Å². The van der Waals surface area contributed by atoms with Crippen LogP contribution < -0.4 is 5.73 Å². The Morgan fingerprint density at radius 3 is 2.76 bits per heavy atom. The van der Waals surface area contributed by atoms with Crippen molar-refractivity contribution in [3.05, 3.63) is 29.6 Å². The number of fused-ring (bicyclic) bond motifs is 3. The summed E-state index contributed by atoms with van der Waals surface area (Å²) in [7, 11) is 0. The lowest BCUT2D eigenvalue weighted by Gasteiger charge is -2.09. The fourth-order valence-electron chi connectivity index (χ4n) is 2.89. The number of nitrogens with two attached hydrogens (primary N) is 1. The van der Waals surface area contributed by atoms with E-state index in [0.29, 0.717) is 11.7 Å².